The van der Waals surface area contributed by atoms with Crippen LogP contribution < -0.4 is 9.64 Å². The van der Waals surface area contributed by atoms with Gasteiger partial charge in [-0.1, -0.05) is 0 Å². The van der Waals surface area contributed by atoms with Gasteiger partial charge in [-0.25, -0.2) is 8.42 Å². The summed E-state index contributed by atoms with van der Waals surface area (Å²) in [6.45, 7) is 0.259. The molecule has 1 amide bonds. The van der Waals surface area contributed by atoms with Crippen LogP contribution in [0.3, 0.4) is 0 Å². The average Bonchev–Trinajstić information content (AvgIpc) is 2.52. The number of carbonyl (C=O) groups is 1. The van der Waals surface area contributed by atoms with E-state index in [0.29, 0.717) is 11.4 Å². The summed E-state index contributed by atoms with van der Waals surface area (Å²) in [6.07, 6.45) is 1.97. The predicted octanol–water partition coefficient (Wildman–Crippen LogP) is 0.240. The van der Waals surface area contributed by atoms with Crippen LogP contribution in [0.1, 0.15) is 0 Å². The van der Waals surface area contributed by atoms with Gasteiger partial charge in [0, 0.05) is 13.1 Å². The summed E-state index contributed by atoms with van der Waals surface area (Å²) >= 11 is 0. The molecular weight excluding hydrogens is 306 g/mol. The minimum Gasteiger partial charge on any atom is -0.497 e. The Morgan fingerprint density at radius 2 is 1.91 bits per heavy atom. The fraction of sp³-hybridized carbons (Fsp3) is 0.429. The molecule has 0 unspecified atom stereocenters. The van der Waals surface area contributed by atoms with Crippen LogP contribution in [0.4, 0.5) is 5.69 Å². The van der Waals surface area contributed by atoms with Gasteiger partial charge < -0.3 is 9.64 Å². The topological polar surface area (TPSA) is 90.7 Å². The van der Waals surface area contributed by atoms with Gasteiger partial charge in [-0.2, -0.15) is 5.26 Å². The Balaban J connectivity index is 2.00. The number of anilines is 1. The third-order valence-corrected chi connectivity index (χ3v) is 5.10. The largest absolute Gasteiger partial charge is 0.497 e. The van der Waals surface area contributed by atoms with Crippen molar-refractivity contribution < 1.29 is 17.9 Å². The van der Waals surface area contributed by atoms with Crippen molar-refractivity contribution >= 4 is 21.4 Å². The molecular formula is C14H17N3O4S. The van der Waals surface area contributed by atoms with Gasteiger partial charge in [0.05, 0.1) is 24.3 Å². The van der Waals surface area contributed by atoms with Gasteiger partial charge in [-0.05, 0) is 24.3 Å². The second-order valence-corrected chi connectivity index (χ2v) is 7.22. The van der Waals surface area contributed by atoms with Crippen molar-refractivity contribution in [3.05, 3.63) is 24.3 Å². The van der Waals surface area contributed by atoms with Crippen LogP contribution >= 0.6 is 0 Å². The van der Waals surface area contributed by atoms with E-state index in [1.165, 1.54) is 9.80 Å². The van der Waals surface area contributed by atoms with E-state index in [2.05, 4.69) is 0 Å². The van der Waals surface area contributed by atoms with Gasteiger partial charge in [0.1, 0.15) is 12.3 Å². The highest BCUT2D eigenvalue weighted by Gasteiger charge is 2.26. The minimum atomic E-state index is -3.03. The lowest BCUT2D eigenvalue weighted by molar-refractivity contribution is -0.129. The van der Waals surface area contributed by atoms with Crippen molar-refractivity contribution in [3.8, 4) is 11.9 Å². The number of nitrogens with zero attached hydrogens (tertiary/aromatic N) is 3. The molecule has 8 heteroatoms. The summed E-state index contributed by atoms with van der Waals surface area (Å²) in [5.74, 6) is 0.364. The number of rotatable bonds is 4. The lowest BCUT2D eigenvalue weighted by atomic mass is 10.2. The van der Waals surface area contributed by atoms with Gasteiger partial charge in [-0.15, -0.1) is 0 Å². The first kappa shape index (κ1) is 16.1. The van der Waals surface area contributed by atoms with E-state index in [9.17, 15) is 18.5 Å². The molecule has 1 aliphatic heterocycles. The molecule has 22 heavy (non-hydrogen) atoms. The van der Waals surface area contributed by atoms with Crippen LogP contribution in [0.15, 0.2) is 24.3 Å². The van der Waals surface area contributed by atoms with Crippen LogP contribution in [0.5, 0.6) is 5.75 Å². The number of benzene rings is 1. The Morgan fingerprint density at radius 1 is 1.32 bits per heavy atom. The molecule has 118 valence electrons. The zero-order valence-electron chi connectivity index (χ0n) is 12.2. The van der Waals surface area contributed by atoms with Crippen molar-refractivity contribution in [3.63, 3.8) is 0 Å². The van der Waals surface area contributed by atoms with E-state index in [0.717, 1.165) is 0 Å². The van der Waals surface area contributed by atoms with Crippen molar-refractivity contribution in [2.75, 3.05) is 43.1 Å². The number of hydrogen-bond acceptors (Lipinski definition) is 6. The Labute approximate surface area is 129 Å². The zero-order chi connectivity index (χ0) is 16.2. The predicted molar refractivity (Wildman–Crippen MR) is 81.2 cm³/mol. The maximum absolute atomic E-state index is 12.2. The molecule has 1 aromatic rings. The molecule has 1 aromatic carbocycles. The molecule has 1 fully saturated rings. The first-order valence-corrected chi connectivity index (χ1v) is 8.57. The van der Waals surface area contributed by atoms with Crippen LogP contribution in [-0.4, -0.2) is 57.5 Å². The molecule has 1 saturated heterocycles. The molecule has 0 aromatic heterocycles. The third kappa shape index (κ3) is 3.89. The van der Waals surface area contributed by atoms with E-state index < -0.39 is 9.84 Å². The molecule has 2 rings (SSSR count). The average molecular weight is 323 g/mol. The SMILES string of the molecule is COc1ccc(N(C#N)CC(=O)N2CCS(=O)(=O)CC2)cc1. The normalized spacial score (nSPS) is 16.6. The maximum Gasteiger partial charge on any atom is 0.243 e. The van der Waals surface area contributed by atoms with E-state index in [1.807, 2.05) is 6.19 Å². The van der Waals surface area contributed by atoms with Crippen LogP contribution in [0.2, 0.25) is 0 Å². The van der Waals surface area contributed by atoms with E-state index in [1.54, 1.807) is 31.4 Å². The van der Waals surface area contributed by atoms with E-state index in [-0.39, 0.29) is 37.0 Å². The number of ether oxygens (including phenoxy) is 1. The molecule has 0 bridgehead atoms. The monoisotopic (exact) mass is 323 g/mol. The molecule has 0 radical (unpaired) electrons. The highest BCUT2D eigenvalue weighted by molar-refractivity contribution is 7.91. The van der Waals surface area contributed by atoms with Crippen molar-refractivity contribution in [1.82, 2.24) is 4.90 Å². The Kier molecular flexibility index (Phi) is 4.88. The molecule has 1 heterocycles. The minimum absolute atomic E-state index is 0.0200. The summed E-state index contributed by atoms with van der Waals surface area (Å²) in [6, 6.07) is 6.79. The summed E-state index contributed by atoms with van der Waals surface area (Å²) < 4.78 is 27.8. The highest BCUT2D eigenvalue weighted by atomic mass is 32.2. The number of methoxy groups -OCH3 is 1. The molecule has 7 nitrogen and oxygen atoms in total. The number of carbonyl (C=O) groups excluding carboxylic acids is 1. The number of amides is 1. The lowest BCUT2D eigenvalue weighted by Gasteiger charge is -2.28. The van der Waals surface area contributed by atoms with Crippen LogP contribution in [-0.2, 0) is 14.6 Å². The maximum atomic E-state index is 12.2. The van der Waals surface area contributed by atoms with Crippen molar-refractivity contribution in [1.29, 1.82) is 5.26 Å². The summed E-state index contributed by atoms with van der Waals surface area (Å²) in [4.78, 5) is 14.9. The van der Waals surface area contributed by atoms with Crippen molar-refractivity contribution in [2.24, 2.45) is 0 Å². The van der Waals surface area contributed by atoms with Crippen LogP contribution in [0.25, 0.3) is 0 Å². The van der Waals surface area contributed by atoms with Gasteiger partial charge in [0.2, 0.25) is 5.91 Å². The van der Waals surface area contributed by atoms with E-state index in [4.69, 9.17) is 4.74 Å². The van der Waals surface area contributed by atoms with E-state index >= 15 is 0 Å². The Bertz CT molecular complexity index is 665. The zero-order valence-corrected chi connectivity index (χ0v) is 13.0. The Morgan fingerprint density at radius 3 is 2.41 bits per heavy atom. The molecule has 0 aliphatic carbocycles. The number of nitriles is 1. The third-order valence-electron chi connectivity index (χ3n) is 3.50. The van der Waals surface area contributed by atoms with Gasteiger partial charge in [0.25, 0.3) is 0 Å². The quantitative estimate of drug-likeness (QED) is 0.582. The smallest absolute Gasteiger partial charge is 0.243 e. The fourth-order valence-electron chi connectivity index (χ4n) is 2.14. The molecule has 0 N–H and O–H groups in total. The first-order valence-electron chi connectivity index (χ1n) is 6.75. The molecule has 0 saturated carbocycles. The van der Waals surface area contributed by atoms with Gasteiger partial charge >= 0.3 is 0 Å². The second kappa shape index (κ2) is 6.66. The fourth-order valence-corrected chi connectivity index (χ4v) is 3.34. The highest BCUT2D eigenvalue weighted by Crippen LogP contribution is 2.19. The van der Waals surface area contributed by atoms with Gasteiger partial charge in [-0.3, -0.25) is 9.69 Å². The standard InChI is InChI=1S/C14H17N3O4S/c1-21-13-4-2-12(3-5-13)17(11-15)10-14(18)16-6-8-22(19,20)9-7-16/h2-5H,6-10H2,1H3. The lowest BCUT2D eigenvalue weighted by Crippen LogP contribution is -2.47. The second-order valence-electron chi connectivity index (χ2n) is 4.92. The number of sulfone groups is 1. The Hall–Kier alpha value is -2.27. The molecule has 0 atom stereocenters. The summed E-state index contributed by atoms with van der Waals surface area (Å²) in [7, 11) is -1.48. The molecule has 0 spiro atoms. The number of hydrogen-bond donors (Lipinski definition) is 0. The first-order chi connectivity index (χ1) is 10.4. The van der Waals surface area contributed by atoms with Gasteiger partial charge in [0.15, 0.2) is 16.0 Å². The summed E-state index contributed by atoms with van der Waals surface area (Å²) in [5.41, 5.74) is 0.585. The van der Waals surface area contributed by atoms with Crippen molar-refractivity contribution in [2.45, 2.75) is 0 Å². The summed E-state index contributed by atoms with van der Waals surface area (Å²) in [5, 5.41) is 9.21. The molecule has 1 aliphatic rings. The van der Waals surface area contributed by atoms with Crippen LogP contribution in [0, 0.1) is 11.5 Å².